The number of ketones is 1. The first-order valence-electron chi connectivity index (χ1n) is 5.19. The lowest BCUT2D eigenvalue weighted by atomic mass is 9.74. The fourth-order valence-corrected chi connectivity index (χ4v) is 2.61. The summed E-state index contributed by atoms with van der Waals surface area (Å²) in [6.45, 7) is 1.03. The van der Waals surface area contributed by atoms with Crippen molar-refractivity contribution in [3.05, 3.63) is 0 Å². The molecule has 1 N–H and O–H groups in total. The number of hydrogen-bond acceptors (Lipinski definition) is 2. The highest BCUT2D eigenvalue weighted by molar-refractivity contribution is 5.83. The zero-order chi connectivity index (χ0) is 10.1. The van der Waals surface area contributed by atoms with Crippen LogP contribution in [0.2, 0.25) is 0 Å². The summed E-state index contributed by atoms with van der Waals surface area (Å²) in [6, 6.07) is 0. The number of piperidine rings is 1. The molecule has 1 amide bonds. The minimum atomic E-state index is -0.887. The van der Waals surface area contributed by atoms with E-state index in [2.05, 4.69) is 0 Å². The van der Waals surface area contributed by atoms with Crippen molar-refractivity contribution in [1.29, 1.82) is 0 Å². The van der Waals surface area contributed by atoms with Gasteiger partial charge in [0.05, 0.1) is 0 Å². The smallest absolute Gasteiger partial charge is 0.407 e. The number of hydrogen-bond donors (Lipinski definition) is 1. The van der Waals surface area contributed by atoms with E-state index < -0.39 is 6.09 Å². The second-order valence-corrected chi connectivity index (χ2v) is 4.24. The third kappa shape index (κ3) is 1.61. The van der Waals surface area contributed by atoms with E-state index in [1.165, 1.54) is 4.90 Å². The lowest BCUT2D eigenvalue weighted by molar-refractivity contribution is -0.128. The summed E-state index contributed by atoms with van der Waals surface area (Å²) >= 11 is 0. The molecule has 1 aliphatic carbocycles. The monoisotopic (exact) mass is 197 g/mol. The topological polar surface area (TPSA) is 57.6 Å². The molecule has 2 aliphatic rings. The van der Waals surface area contributed by atoms with Crippen molar-refractivity contribution in [2.75, 3.05) is 13.1 Å². The van der Waals surface area contributed by atoms with Gasteiger partial charge in [0, 0.05) is 25.4 Å². The van der Waals surface area contributed by atoms with Crippen LogP contribution >= 0.6 is 0 Å². The molecule has 2 atom stereocenters. The first kappa shape index (κ1) is 9.49. The summed E-state index contributed by atoms with van der Waals surface area (Å²) in [5.41, 5.74) is 0. The van der Waals surface area contributed by atoms with Gasteiger partial charge in [0.15, 0.2) is 0 Å². The molecule has 1 heterocycles. The molecular formula is C10H15NO3. The van der Waals surface area contributed by atoms with Crippen LogP contribution in [0.3, 0.4) is 0 Å². The summed E-state index contributed by atoms with van der Waals surface area (Å²) in [6.07, 6.45) is 2.72. The molecule has 0 spiro atoms. The Morgan fingerprint density at radius 1 is 1.43 bits per heavy atom. The molecule has 0 radical (unpaired) electrons. The Hall–Kier alpha value is -1.06. The van der Waals surface area contributed by atoms with Gasteiger partial charge in [-0.2, -0.15) is 0 Å². The molecule has 0 unspecified atom stereocenters. The van der Waals surface area contributed by atoms with E-state index in [4.69, 9.17) is 5.11 Å². The van der Waals surface area contributed by atoms with Crippen LogP contribution in [0.15, 0.2) is 0 Å². The molecule has 78 valence electrons. The number of likely N-dealkylation sites (tertiary alicyclic amines) is 1. The molecule has 1 saturated heterocycles. The van der Waals surface area contributed by atoms with Crippen LogP contribution in [0.4, 0.5) is 4.79 Å². The molecule has 1 saturated carbocycles. The highest BCUT2D eigenvalue weighted by Gasteiger charge is 2.37. The Morgan fingerprint density at radius 2 is 2.21 bits per heavy atom. The largest absolute Gasteiger partial charge is 0.465 e. The first-order chi connectivity index (χ1) is 6.68. The highest BCUT2D eigenvalue weighted by atomic mass is 16.4. The van der Waals surface area contributed by atoms with Crippen LogP contribution in [0.1, 0.15) is 25.7 Å². The molecule has 4 heteroatoms. The predicted octanol–water partition coefficient (Wildman–Crippen LogP) is 1.36. The first-order valence-corrected chi connectivity index (χ1v) is 5.19. The van der Waals surface area contributed by atoms with Crippen molar-refractivity contribution in [3.63, 3.8) is 0 Å². The Labute approximate surface area is 82.9 Å². The summed E-state index contributed by atoms with van der Waals surface area (Å²) in [4.78, 5) is 23.7. The zero-order valence-corrected chi connectivity index (χ0v) is 8.11. The van der Waals surface area contributed by atoms with Crippen molar-refractivity contribution >= 4 is 11.9 Å². The van der Waals surface area contributed by atoms with Crippen molar-refractivity contribution < 1.29 is 14.7 Å². The van der Waals surface area contributed by atoms with Crippen LogP contribution in [-0.2, 0) is 4.79 Å². The molecule has 0 aromatic heterocycles. The van der Waals surface area contributed by atoms with Gasteiger partial charge in [0.2, 0.25) is 0 Å². The lowest BCUT2D eigenvalue weighted by Gasteiger charge is -2.38. The highest BCUT2D eigenvalue weighted by Crippen LogP contribution is 2.33. The average Bonchev–Trinajstić information content (AvgIpc) is 2.18. The van der Waals surface area contributed by atoms with Crippen LogP contribution in [0, 0.1) is 11.8 Å². The van der Waals surface area contributed by atoms with Crippen LogP contribution < -0.4 is 0 Å². The van der Waals surface area contributed by atoms with Crippen LogP contribution in [0.25, 0.3) is 0 Å². The second kappa shape index (κ2) is 3.59. The van der Waals surface area contributed by atoms with Crippen molar-refractivity contribution in [3.8, 4) is 0 Å². The van der Waals surface area contributed by atoms with E-state index in [1.54, 1.807) is 0 Å². The molecular weight excluding hydrogens is 182 g/mol. The van der Waals surface area contributed by atoms with Gasteiger partial charge in [-0.25, -0.2) is 4.79 Å². The van der Waals surface area contributed by atoms with Gasteiger partial charge in [0.25, 0.3) is 0 Å². The fraction of sp³-hybridized carbons (Fsp3) is 0.800. The Morgan fingerprint density at radius 3 is 2.93 bits per heavy atom. The predicted molar refractivity (Wildman–Crippen MR) is 50.1 cm³/mol. The third-order valence-electron chi connectivity index (χ3n) is 3.44. The van der Waals surface area contributed by atoms with E-state index in [0.29, 0.717) is 25.4 Å². The third-order valence-corrected chi connectivity index (χ3v) is 3.44. The summed E-state index contributed by atoms with van der Waals surface area (Å²) in [5.74, 6) is 0.715. The second-order valence-electron chi connectivity index (χ2n) is 4.24. The number of Topliss-reactive ketones (excluding diaryl/α,β-unsaturated/α-hetero) is 1. The zero-order valence-electron chi connectivity index (χ0n) is 8.11. The minimum absolute atomic E-state index is 0.00593. The van der Waals surface area contributed by atoms with Gasteiger partial charge < -0.3 is 10.0 Å². The summed E-state index contributed by atoms with van der Waals surface area (Å²) < 4.78 is 0. The standard InChI is InChI=1S/C10H15NO3/c12-9-3-1-2-7-4-5-11(10(13)14)6-8(7)9/h7-8H,1-6H2,(H,13,14)/t7-,8-/m1/s1. The molecule has 1 aliphatic heterocycles. The lowest BCUT2D eigenvalue weighted by Crippen LogP contribution is -2.47. The SMILES string of the molecule is O=C1CCC[C@@H]2CCN(C(=O)O)C[C@@H]12. The normalized spacial score (nSPS) is 32.6. The number of fused-ring (bicyclic) bond motifs is 1. The molecule has 2 rings (SSSR count). The summed E-state index contributed by atoms with van der Waals surface area (Å²) in [5, 5.41) is 8.83. The van der Waals surface area contributed by atoms with Gasteiger partial charge in [-0.1, -0.05) is 0 Å². The number of nitrogens with zero attached hydrogens (tertiary/aromatic N) is 1. The van der Waals surface area contributed by atoms with E-state index in [0.717, 1.165) is 19.3 Å². The number of carbonyl (C=O) groups is 2. The van der Waals surface area contributed by atoms with Gasteiger partial charge in [-0.15, -0.1) is 0 Å². The number of rotatable bonds is 0. The minimum Gasteiger partial charge on any atom is -0.465 e. The molecule has 0 aromatic carbocycles. The maximum absolute atomic E-state index is 11.6. The van der Waals surface area contributed by atoms with Gasteiger partial charge in [0.1, 0.15) is 5.78 Å². The Bertz CT molecular complexity index is 264. The quantitative estimate of drug-likeness (QED) is 0.637. The van der Waals surface area contributed by atoms with Crippen LogP contribution in [0.5, 0.6) is 0 Å². The van der Waals surface area contributed by atoms with Crippen LogP contribution in [-0.4, -0.2) is 35.0 Å². The number of carboxylic acid groups (broad SMARTS) is 1. The number of carbonyl (C=O) groups excluding carboxylic acids is 1. The van der Waals surface area contributed by atoms with Crippen molar-refractivity contribution in [2.24, 2.45) is 11.8 Å². The maximum atomic E-state index is 11.6. The van der Waals surface area contributed by atoms with Gasteiger partial charge in [-0.05, 0) is 25.2 Å². The Balaban J connectivity index is 2.05. The van der Waals surface area contributed by atoms with E-state index in [9.17, 15) is 9.59 Å². The maximum Gasteiger partial charge on any atom is 0.407 e. The molecule has 0 bridgehead atoms. The van der Waals surface area contributed by atoms with Crippen molar-refractivity contribution in [1.82, 2.24) is 4.90 Å². The molecule has 14 heavy (non-hydrogen) atoms. The van der Waals surface area contributed by atoms with Gasteiger partial charge >= 0.3 is 6.09 Å². The average molecular weight is 197 g/mol. The van der Waals surface area contributed by atoms with Crippen molar-refractivity contribution in [2.45, 2.75) is 25.7 Å². The molecule has 0 aromatic rings. The number of amides is 1. The summed E-state index contributed by atoms with van der Waals surface area (Å²) in [7, 11) is 0. The molecule has 2 fully saturated rings. The van der Waals surface area contributed by atoms with E-state index in [-0.39, 0.29) is 11.7 Å². The Kier molecular flexibility index (Phi) is 2.44. The fourth-order valence-electron chi connectivity index (χ4n) is 2.61. The van der Waals surface area contributed by atoms with E-state index in [1.807, 2.05) is 0 Å². The molecule has 4 nitrogen and oxygen atoms in total. The van der Waals surface area contributed by atoms with Gasteiger partial charge in [-0.3, -0.25) is 4.79 Å². The van der Waals surface area contributed by atoms with E-state index >= 15 is 0 Å².